The zero-order valence-electron chi connectivity index (χ0n) is 12.1. The predicted octanol–water partition coefficient (Wildman–Crippen LogP) is 2.10. The quantitative estimate of drug-likeness (QED) is 0.745. The van der Waals surface area contributed by atoms with Crippen molar-refractivity contribution in [2.45, 2.75) is 57.0 Å². The molecule has 4 N–H and O–H groups in total. The highest BCUT2D eigenvalue weighted by Crippen LogP contribution is 2.31. The Hall–Kier alpha value is -1.55. The van der Waals surface area contributed by atoms with Crippen LogP contribution in [0.3, 0.4) is 0 Å². The molecule has 1 aliphatic carbocycles. The molecule has 0 saturated heterocycles. The average molecular weight is 276 g/mol. The molecule has 1 atom stereocenters. The molecule has 0 aliphatic heterocycles. The first-order chi connectivity index (χ1) is 9.47. The zero-order valence-corrected chi connectivity index (χ0v) is 12.1. The first-order valence-corrected chi connectivity index (χ1v) is 7.33. The molecule has 0 aromatic heterocycles. The summed E-state index contributed by atoms with van der Waals surface area (Å²) in [5, 5.41) is 12.2. The molecule has 1 amide bonds. The summed E-state index contributed by atoms with van der Waals surface area (Å²) in [4.78, 5) is 11.9. The number of benzene rings is 1. The van der Waals surface area contributed by atoms with E-state index in [2.05, 4.69) is 5.32 Å². The summed E-state index contributed by atoms with van der Waals surface area (Å²) in [5.41, 5.74) is 6.99. The summed E-state index contributed by atoms with van der Waals surface area (Å²) < 4.78 is 0. The molecule has 4 heteroatoms. The van der Waals surface area contributed by atoms with Crippen molar-refractivity contribution in [3.05, 3.63) is 29.8 Å². The van der Waals surface area contributed by atoms with Gasteiger partial charge in [0.15, 0.2) is 0 Å². The molecule has 0 bridgehead atoms. The molecule has 1 fully saturated rings. The Bertz CT molecular complexity index is 452. The third-order valence-electron chi connectivity index (χ3n) is 4.07. The number of carbonyl (C=O) groups excluding carboxylic acids is 1. The molecule has 0 radical (unpaired) electrons. The lowest BCUT2D eigenvalue weighted by atomic mass is 9.75. The van der Waals surface area contributed by atoms with Gasteiger partial charge in [0.05, 0.1) is 0 Å². The number of aromatic hydroxyl groups is 1. The number of hydrogen-bond acceptors (Lipinski definition) is 3. The predicted molar refractivity (Wildman–Crippen MR) is 79.4 cm³/mol. The summed E-state index contributed by atoms with van der Waals surface area (Å²) in [6.07, 6.45) is 5.27. The minimum Gasteiger partial charge on any atom is -0.508 e. The number of phenols is 1. The van der Waals surface area contributed by atoms with Crippen LogP contribution in [0.25, 0.3) is 0 Å². The fraction of sp³-hybridized carbons (Fsp3) is 0.562. The number of nitrogens with two attached hydrogens (primary N) is 1. The van der Waals surface area contributed by atoms with E-state index in [9.17, 15) is 9.90 Å². The maximum Gasteiger partial charge on any atom is 0.222 e. The van der Waals surface area contributed by atoms with Crippen LogP contribution in [0.2, 0.25) is 0 Å². The Morgan fingerprint density at radius 3 is 2.60 bits per heavy atom. The summed E-state index contributed by atoms with van der Waals surface area (Å²) in [6, 6.07) is 7.33. The van der Waals surface area contributed by atoms with Crippen LogP contribution >= 0.6 is 0 Å². The van der Waals surface area contributed by atoms with Crippen molar-refractivity contribution in [2.75, 3.05) is 0 Å². The molecule has 0 spiro atoms. The number of carbonyl (C=O) groups is 1. The first-order valence-electron chi connectivity index (χ1n) is 7.33. The van der Waals surface area contributed by atoms with E-state index in [0.717, 1.165) is 37.7 Å². The number of amides is 1. The second-order valence-electron chi connectivity index (χ2n) is 6.07. The molecule has 2 rings (SSSR count). The number of hydrogen-bond donors (Lipinski definition) is 3. The van der Waals surface area contributed by atoms with Gasteiger partial charge in [-0.15, -0.1) is 0 Å². The van der Waals surface area contributed by atoms with Crippen molar-refractivity contribution in [3.63, 3.8) is 0 Å². The van der Waals surface area contributed by atoms with Crippen LogP contribution in [0.4, 0.5) is 0 Å². The van der Waals surface area contributed by atoms with Crippen molar-refractivity contribution < 1.29 is 9.90 Å². The van der Waals surface area contributed by atoms with Crippen LogP contribution in [0.1, 0.15) is 44.6 Å². The smallest absolute Gasteiger partial charge is 0.222 e. The topological polar surface area (TPSA) is 75.3 Å². The maximum absolute atomic E-state index is 11.9. The zero-order chi connectivity index (χ0) is 14.6. The van der Waals surface area contributed by atoms with E-state index in [4.69, 9.17) is 5.73 Å². The number of nitrogens with one attached hydrogen (secondary N) is 1. The van der Waals surface area contributed by atoms with Crippen LogP contribution in [0.15, 0.2) is 24.3 Å². The van der Waals surface area contributed by atoms with Crippen LogP contribution in [0, 0.1) is 0 Å². The van der Waals surface area contributed by atoms with Gasteiger partial charge in [-0.3, -0.25) is 4.79 Å². The Balaban J connectivity index is 1.70. The molecule has 20 heavy (non-hydrogen) atoms. The summed E-state index contributed by atoms with van der Waals surface area (Å²) in [5.74, 6) is 0.342. The lowest BCUT2D eigenvalue weighted by molar-refractivity contribution is -0.123. The minimum absolute atomic E-state index is 0.0606. The van der Waals surface area contributed by atoms with Crippen molar-refractivity contribution >= 4 is 5.91 Å². The second-order valence-corrected chi connectivity index (χ2v) is 6.07. The molecule has 1 unspecified atom stereocenters. The third-order valence-corrected chi connectivity index (χ3v) is 4.07. The molecule has 4 nitrogen and oxygen atoms in total. The highest BCUT2D eigenvalue weighted by molar-refractivity contribution is 5.77. The number of phenolic OH excluding ortho intramolecular Hbond substituents is 1. The normalized spacial score (nSPS) is 18.1. The monoisotopic (exact) mass is 276 g/mol. The van der Waals surface area contributed by atoms with Gasteiger partial charge in [0.2, 0.25) is 5.91 Å². The number of aryl methyl sites for hydroxylation is 1. The Morgan fingerprint density at radius 2 is 2.05 bits per heavy atom. The van der Waals surface area contributed by atoms with Crippen LogP contribution in [-0.4, -0.2) is 22.6 Å². The molecule has 110 valence electrons. The molecule has 1 aromatic rings. The van der Waals surface area contributed by atoms with E-state index in [1.54, 1.807) is 12.1 Å². The second kappa shape index (κ2) is 6.27. The Kier molecular flexibility index (Phi) is 4.65. The standard InChI is InChI=1S/C16H24N2O2/c1-12(3-4-13-5-7-14(19)8-6-13)18-15(20)11-16(17)9-2-10-16/h5-8,12,19H,2-4,9-11,17H2,1H3,(H,18,20). The van der Waals surface area contributed by atoms with Gasteiger partial charge < -0.3 is 16.2 Å². The Morgan fingerprint density at radius 1 is 1.40 bits per heavy atom. The fourth-order valence-corrected chi connectivity index (χ4v) is 2.57. The summed E-state index contributed by atoms with van der Waals surface area (Å²) in [6.45, 7) is 2.02. The largest absolute Gasteiger partial charge is 0.508 e. The summed E-state index contributed by atoms with van der Waals surface area (Å²) in [7, 11) is 0. The van der Waals surface area contributed by atoms with E-state index < -0.39 is 0 Å². The Labute approximate surface area is 120 Å². The first kappa shape index (κ1) is 14.9. The third kappa shape index (κ3) is 4.23. The lowest BCUT2D eigenvalue weighted by Crippen LogP contribution is -2.50. The van der Waals surface area contributed by atoms with Crippen molar-refractivity contribution in [1.82, 2.24) is 5.32 Å². The van der Waals surface area contributed by atoms with E-state index in [0.29, 0.717) is 6.42 Å². The average Bonchev–Trinajstić information content (AvgIpc) is 2.36. The fourth-order valence-electron chi connectivity index (χ4n) is 2.57. The molecular formula is C16H24N2O2. The maximum atomic E-state index is 11.9. The van der Waals surface area contributed by atoms with Gasteiger partial charge in [-0.1, -0.05) is 12.1 Å². The van der Waals surface area contributed by atoms with Crippen molar-refractivity contribution in [3.8, 4) is 5.75 Å². The molecular weight excluding hydrogens is 252 g/mol. The summed E-state index contributed by atoms with van der Waals surface area (Å²) >= 11 is 0. The van der Waals surface area contributed by atoms with E-state index in [1.807, 2.05) is 19.1 Å². The lowest BCUT2D eigenvalue weighted by Gasteiger charge is -2.37. The van der Waals surface area contributed by atoms with Gasteiger partial charge in [0.1, 0.15) is 5.75 Å². The van der Waals surface area contributed by atoms with Crippen LogP contribution in [0.5, 0.6) is 5.75 Å². The molecule has 1 aliphatic rings. The highest BCUT2D eigenvalue weighted by atomic mass is 16.3. The molecule has 1 saturated carbocycles. The van der Waals surface area contributed by atoms with Gasteiger partial charge in [0, 0.05) is 18.0 Å². The van der Waals surface area contributed by atoms with E-state index in [1.165, 1.54) is 0 Å². The minimum atomic E-state index is -0.249. The molecule has 0 heterocycles. The van der Waals surface area contributed by atoms with Crippen LogP contribution in [-0.2, 0) is 11.2 Å². The van der Waals surface area contributed by atoms with Crippen molar-refractivity contribution in [2.24, 2.45) is 5.73 Å². The van der Waals surface area contributed by atoms with Crippen LogP contribution < -0.4 is 11.1 Å². The number of rotatable bonds is 6. The van der Waals surface area contributed by atoms with Gasteiger partial charge in [-0.25, -0.2) is 0 Å². The molecule has 1 aromatic carbocycles. The highest BCUT2D eigenvalue weighted by Gasteiger charge is 2.34. The van der Waals surface area contributed by atoms with E-state index in [-0.39, 0.29) is 23.2 Å². The van der Waals surface area contributed by atoms with Gasteiger partial charge in [-0.05, 0) is 56.7 Å². The van der Waals surface area contributed by atoms with Gasteiger partial charge >= 0.3 is 0 Å². The van der Waals surface area contributed by atoms with Crippen molar-refractivity contribution in [1.29, 1.82) is 0 Å². The van der Waals surface area contributed by atoms with Gasteiger partial charge in [0.25, 0.3) is 0 Å². The SMILES string of the molecule is CC(CCc1ccc(O)cc1)NC(=O)CC1(N)CCC1. The van der Waals surface area contributed by atoms with Gasteiger partial charge in [-0.2, -0.15) is 0 Å². The van der Waals surface area contributed by atoms with E-state index >= 15 is 0 Å².